The van der Waals surface area contributed by atoms with Crippen molar-refractivity contribution in [1.82, 2.24) is 10.2 Å². The van der Waals surface area contributed by atoms with Gasteiger partial charge in [-0.1, -0.05) is 60.7 Å². The van der Waals surface area contributed by atoms with Crippen LogP contribution in [0.2, 0.25) is 0 Å². The van der Waals surface area contributed by atoms with Crippen LogP contribution in [0.4, 0.5) is 0 Å². The minimum atomic E-state index is -0.219. The number of hydrogen-bond acceptors (Lipinski definition) is 4. The standard InChI is InChI=1S/C28H29N3O2S/c1-20(2)31(19-22-8-4-3-5-9-22)17-16-29-27(32)23-14-12-21(13-15-23)18-26-28(33)30-24-10-6-7-11-25(24)34-26/h3-15,18,20,25H,16-17,19H2,1-2H3,(H,29,32)/b26-18+. The Hall–Kier alpha value is -3.22. The van der Waals surface area contributed by atoms with E-state index in [1.165, 1.54) is 17.3 Å². The van der Waals surface area contributed by atoms with Gasteiger partial charge < -0.3 is 5.32 Å². The van der Waals surface area contributed by atoms with Crippen molar-refractivity contribution in [3.63, 3.8) is 0 Å². The van der Waals surface area contributed by atoms with E-state index >= 15 is 0 Å². The Kier molecular flexibility index (Phi) is 7.93. The maximum atomic E-state index is 12.6. The normalized spacial score (nSPS) is 18.4. The zero-order valence-corrected chi connectivity index (χ0v) is 20.3. The van der Waals surface area contributed by atoms with Gasteiger partial charge in [-0.15, -0.1) is 11.8 Å². The number of fused-ring (bicyclic) bond motifs is 1. The van der Waals surface area contributed by atoms with Crippen LogP contribution in [-0.4, -0.2) is 46.8 Å². The maximum Gasteiger partial charge on any atom is 0.283 e. The molecule has 0 spiro atoms. The lowest BCUT2D eigenvalue weighted by Gasteiger charge is -2.26. The van der Waals surface area contributed by atoms with Crippen molar-refractivity contribution in [1.29, 1.82) is 0 Å². The van der Waals surface area contributed by atoms with Crippen LogP contribution in [0.1, 0.15) is 35.3 Å². The molecular weight excluding hydrogens is 442 g/mol. The molecule has 0 saturated carbocycles. The van der Waals surface area contributed by atoms with Crippen molar-refractivity contribution >= 4 is 35.4 Å². The second kappa shape index (κ2) is 11.3. The smallest absolute Gasteiger partial charge is 0.283 e. The van der Waals surface area contributed by atoms with Gasteiger partial charge in [0.25, 0.3) is 11.8 Å². The molecule has 0 saturated heterocycles. The Morgan fingerprint density at radius 3 is 2.62 bits per heavy atom. The molecule has 4 rings (SSSR count). The second-order valence-corrected chi connectivity index (χ2v) is 9.74. The van der Waals surface area contributed by atoms with Gasteiger partial charge in [-0.05, 0) is 49.3 Å². The van der Waals surface area contributed by atoms with Gasteiger partial charge in [0.05, 0.1) is 15.9 Å². The van der Waals surface area contributed by atoms with Crippen LogP contribution in [-0.2, 0) is 11.3 Å². The molecule has 174 valence electrons. The molecule has 1 atom stereocenters. The highest BCUT2D eigenvalue weighted by Crippen LogP contribution is 2.32. The fourth-order valence-corrected chi connectivity index (χ4v) is 4.85. The van der Waals surface area contributed by atoms with E-state index < -0.39 is 0 Å². The molecule has 0 radical (unpaired) electrons. The van der Waals surface area contributed by atoms with Crippen LogP contribution in [0.15, 0.2) is 88.8 Å². The second-order valence-electron chi connectivity index (χ2n) is 8.56. The first kappa shape index (κ1) is 23.9. The third-order valence-electron chi connectivity index (χ3n) is 5.76. The van der Waals surface area contributed by atoms with E-state index in [-0.39, 0.29) is 17.1 Å². The number of carbonyl (C=O) groups is 2. The van der Waals surface area contributed by atoms with E-state index in [4.69, 9.17) is 0 Å². The number of nitrogens with one attached hydrogen (secondary N) is 1. The molecule has 2 aromatic rings. The molecule has 1 aliphatic carbocycles. The van der Waals surface area contributed by atoms with E-state index in [1.54, 1.807) is 12.1 Å². The summed E-state index contributed by atoms with van der Waals surface area (Å²) in [4.78, 5) is 32.1. The molecule has 1 N–H and O–H groups in total. The third-order valence-corrected chi connectivity index (χ3v) is 6.96. The lowest BCUT2D eigenvalue weighted by atomic mass is 10.1. The lowest BCUT2D eigenvalue weighted by Crippen LogP contribution is -2.38. The molecule has 2 amide bonds. The summed E-state index contributed by atoms with van der Waals surface area (Å²) in [5, 5.41) is 3.10. The molecule has 5 nitrogen and oxygen atoms in total. The SMILES string of the molecule is CC(C)N(CCNC(=O)c1ccc(/C=C2/SC3C=CC=CC3=NC2=O)cc1)Cc1ccccc1. The number of allylic oxidation sites excluding steroid dienone is 3. The number of nitrogens with zero attached hydrogens (tertiary/aromatic N) is 2. The Bertz CT molecular complexity index is 1150. The molecule has 34 heavy (non-hydrogen) atoms. The van der Waals surface area contributed by atoms with Crippen molar-refractivity contribution in [2.75, 3.05) is 13.1 Å². The molecule has 2 aromatic carbocycles. The van der Waals surface area contributed by atoms with Crippen LogP contribution in [0.3, 0.4) is 0 Å². The Morgan fingerprint density at radius 1 is 1.12 bits per heavy atom. The first-order chi connectivity index (χ1) is 16.5. The summed E-state index contributed by atoms with van der Waals surface area (Å²) in [7, 11) is 0. The topological polar surface area (TPSA) is 61.8 Å². The molecule has 1 unspecified atom stereocenters. The minimum Gasteiger partial charge on any atom is -0.351 e. The average Bonchev–Trinajstić information content (AvgIpc) is 2.85. The Balaban J connectivity index is 1.32. The quantitative estimate of drug-likeness (QED) is 0.558. The van der Waals surface area contributed by atoms with Crippen LogP contribution < -0.4 is 5.32 Å². The summed E-state index contributed by atoms with van der Waals surface area (Å²) in [6.07, 6.45) is 9.62. The number of rotatable bonds is 8. The largest absolute Gasteiger partial charge is 0.351 e. The van der Waals surface area contributed by atoms with Gasteiger partial charge >= 0.3 is 0 Å². The third kappa shape index (κ3) is 6.22. The first-order valence-electron chi connectivity index (χ1n) is 11.5. The summed E-state index contributed by atoms with van der Waals surface area (Å²) in [5.74, 6) is -0.317. The highest BCUT2D eigenvalue weighted by Gasteiger charge is 2.25. The van der Waals surface area contributed by atoms with E-state index in [2.05, 4.69) is 41.2 Å². The van der Waals surface area contributed by atoms with E-state index in [9.17, 15) is 9.59 Å². The van der Waals surface area contributed by atoms with Crippen molar-refractivity contribution in [3.8, 4) is 0 Å². The number of aliphatic imine (C=N–C) groups is 1. The monoisotopic (exact) mass is 471 g/mol. The maximum absolute atomic E-state index is 12.6. The number of benzene rings is 2. The molecule has 2 aliphatic rings. The van der Waals surface area contributed by atoms with Gasteiger partial charge in [0.1, 0.15) is 0 Å². The Morgan fingerprint density at radius 2 is 1.88 bits per heavy atom. The summed E-state index contributed by atoms with van der Waals surface area (Å²) in [6, 6.07) is 18.1. The average molecular weight is 472 g/mol. The lowest BCUT2D eigenvalue weighted by molar-refractivity contribution is -0.113. The number of amides is 2. The summed E-state index contributed by atoms with van der Waals surface area (Å²) in [6.45, 7) is 6.54. The van der Waals surface area contributed by atoms with E-state index in [1.807, 2.05) is 60.7 Å². The van der Waals surface area contributed by atoms with Crippen LogP contribution >= 0.6 is 11.8 Å². The van der Waals surface area contributed by atoms with Gasteiger partial charge in [0.15, 0.2) is 0 Å². The molecule has 0 aromatic heterocycles. The van der Waals surface area contributed by atoms with Gasteiger partial charge in [-0.25, -0.2) is 4.99 Å². The first-order valence-corrected chi connectivity index (χ1v) is 12.4. The highest BCUT2D eigenvalue weighted by atomic mass is 32.2. The van der Waals surface area contributed by atoms with E-state index in [0.29, 0.717) is 23.1 Å². The van der Waals surface area contributed by atoms with Gasteiger partial charge in [-0.2, -0.15) is 0 Å². The highest BCUT2D eigenvalue weighted by molar-refractivity contribution is 8.05. The fraction of sp³-hybridized carbons (Fsp3) is 0.250. The van der Waals surface area contributed by atoms with Crippen LogP contribution in [0.25, 0.3) is 6.08 Å². The van der Waals surface area contributed by atoms with Crippen molar-refractivity contribution in [2.45, 2.75) is 31.7 Å². The predicted octanol–water partition coefficient (Wildman–Crippen LogP) is 4.88. The van der Waals surface area contributed by atoms with Crippen LogP contribution in [0.5, 0.6) is 0 Å². The molecule has 1 heterocycles. The number of hydrogen-bond donors (Lipinski definition) is 1. The van der Waals surface area contributed by atoms with Crippen LogP contribution in [0, 0.1) is 0 Å². The zero-order valence-electron chi connectivity index (χ0n) is 19.5. The zero-order chi connectivity index (χ0) is 23.9. The van der Waals surface area contributed by atoms with Gasteiger partial charge in [0.2, 0.25) is 0 Å². The summed E-state index contributed by atoms with van der Waals surface area (Å²) < 4.78 is 0. The number of thioether (sulfide) groups is 1. The fourth-order valence-electron chi connectivity index (χ4n) is 3.80. The molecule has 0 bridgehead atoms. The molecule has 6 heteroatoms. The van der Waals surface area contributed by atoms with E-state index in [0.717, 1.165) is 24.4 Å². The van der Waals surface area contributed by atoms with Crippen molar-refractivity contribution in [3.05, 3.63) is 100 Å². The molecule has 0 fully saturated rings. The molecule has 1 aliphatic heterocycles. The van der Waals surface area contributed by atoms with Crippen molar-refractivity contribution < 1.29 is 9.59 Å². The predicted molar refractivity (Wildman–Crippen MR) is 141 cm³/mol. The minimum absolute atomic E-state index is 0.0753. The summed E-state index contributed by atoms with van der Waals surface area (Å²) >= 11 is 1.50. The summed E-state index contributed by atoms with van der Waals surface area (Å²) in [5.41, 5.74) is 3.53. The Labute approximate surface area is 205 Å². The van der Waals surface area contributed by atoms with Gasteiger partial charge in [0, 0.05) is 31.2 Å². The molecular formula is C28H29N3O2S. The van der Waals surface area contributed by atoms with Crippen molar-refractivity contribution in [2.24, 2.45) is 4.99 Å². The van der Waals surface area contributed by atoms with Gasteiger partial charge in [-0.3, -0.25) is 14.5 Å². The number of carbonyl (C=O) groups excluding carboxylic acids is 2.